The summed E-state index contributed by atoms with van der Waals surface area (Å²) in [5, 5.41) is -1.73. The molecule has 2 aromatic carbocycles. The Bertz CT molecular complexity index is 846. The van der Waals surface area contributed by atoms with Crippen molar-refractivity contribution < 1.29 is 31.1 Å². The minimum absolute atomic E-state index is 0.230. The Morgan fingerprint density at radius 1 is 0.633 bits per heavy atom. The van der Waals surface area contributed by atoms with E-state index in [0.717, 1.165) is 0 Å². The van der Waals surface area contributed by atoms with E-state index in [9.17, 15) is 31.1 Å². The van der Waals surface area contributed by atoms with Crippen molar-refractivity contribution in [2.45, 2.75) is 12.4 Å². The Morgan fingerprint density at radius 3 is 1.13 bits per heavy atom. The molecule has 15 heteroatoms. The van der Waals surface area contributed by atoms with Crippen molar-refractivity contribution in [1.29, 1.82) is 0 Å². The number of benzene rings is 2. The SMILES string of the molecule is O=C(NNc1c(Cl)cc(C(F)(F)F)cc1Cl)NNc1c(Cl)cc(C(F)(F)F)cc1Cl. The van der Waals surface area contributed by atoms with E-state index in [1.165, 1.54) is 0 Å². The summed E-state index contributed by atoms with van der Waals surface area (Å²) in [6, 6.07) is 1.34. The second kappa shape index (κ2) is 9.04. The van der Waals surface area contributed by atoms with E-state index in [4.69, 9.17) is 46.4 Å². The fraction of sp³-hybridized carbons (Fsp3) is 0.133. The molecule has 0 aliphatic heterocycles. The number of hydrazine groups is 2. The third kappa shape index (κ3) is 6.03. The fourth-order valence-electron chi connectivity index (χ4n) is 1.98. The van der Waals surface area contributed by atoms with Gasteiger partial charge in [0.25, 0.3) is 0 Å². The van der Waals surface area contributed by atoms with Crippen molar-refractivity contribution in [2.24, 2.45) is 0 Å². The van der Waals surface area contributed by atoms with Gasteiger partial charge >= 0.3 is 18.4 Å². The molecule has 2 aromatic rings. The largest absolute Gasteiger partial charge is 0.416 e. The maximum absolute atomic E-state index is 12.7. The van der Waals surface area contributed by atoms with E-state index < -0.39 is 49.6 Å². The molecule has 0 saturated carbocycles. The van der Waals surface area contributed by atoms with Crippen LogP contribution in [0.15, 0.2) is 24.3 Å². The van der Waals surface area contributed by atoms with Crippen LogP contribution in [0, 0.1) is 0 Å². The number of alkyl halides is 6. The maximum atomic E-state index is 12.7. The highest BCUT2D eigenvalue weighted by Gasteiger charge is 2.33. The Hall–Kier alpha value is -1.95. The molecule has 0 radical (unpaired) electrons. The molecule has 0 aromatic heterocycles. The van der Waals surface area contributed by atoms with Crippen LogP contribution in [0.3, 0.4) is 0 Å². The molecule has 2 amide bonds. The molecule has 0 unspecified atom stereocenters. The average Bonchev–Trinajstić information content (AvgIpc) is 2.58. The summed E-state index contributed by atoms with van der Waals surface area (Å²) in [6.07, 6.45) is -9.36. The van der Waals surface area contributed by atoms with E-state index in [-0.39, 0.29) is 11.4 Å². The quantitative estimate of drug-likeness (QED) is 0.262. The Labute approximate surface area is 184 Å². The van der Waals surface area contributed by atoms with Crippen LogP contribution in [0.4, 0.5) is 42.5 Å². The molecule has 0 atom stereocenters. The number of rotatable bonds is 4. The average molecular weight is 516 g/mol. The molecule has 0 aliphatic carbocycles. The zero-order valence-corrected chi connectivity index (χ0v) is 17.0. The van der Waals surface area contributed by atoms with Crippen molar-refractivity contribution >= 4 is 63.8 Å². The normalized spacial score (nSPS) is 11.8. The number of carbonyl (C=O) groups excluding carboxylic acids is 1. The molecule has 0 aliphatic rings. The van der Waals surface area contributed by atoms with Crippen LogP contribution < -0.4 is 21.7 Å². The van der Waals surface area contributed by atoms with Gasteiger partial charge in [-0.05, 0) is 24.3 Å². The van der Waals surface area contributed by atoms with Gasteiger partial charge in [0.1, 0.15) is 0 Å². The number of hydrogen-bond acceptors (Lipinski definition) is 3. The molecular formula is C15H8Cl4F6N4O. The number of nitrogens with one attached hydrogen (secondary N) is 4. The third-order valence-electron chi connectivity index (χ3n) is 3.34. The molecule has 0 spiro atoms. The highest BCUT2D eigenvalue weighted by atomic mass is 35.5. The van der Waals surface area contributed by atoms with Gasteiger partial charge in [-0.1, -0.05) is 46.4 Å². The lowest BCUT2D eigenvalue weighted by molar-refractivity contribution is -0.138. The molecule has 164 valence electrons. The maximum Gasteiger partial charge on any atom is 0.416 e. The molecule has 0 fully saturated rings. The van der Waals surface area contributed by atoms with E-state index >= 15 is 0 Å². The first-order valence-electron chi connectivity index (χ1n) is 7.40. The highest BCUT2D eigenvalue weighted by Crippen LogP contribution is 2.39. The summed E-state index contributed by atoms with van der Waals surface area (Å²) in [6.45, 7) is 0. The van der Waals surface area contributed by atoms with E-state index in [1.807, 2.05) is 10.9 Å². The summed E-state index contributed by atoms with van der Waals surface area (Å²) in [4.78, 5) is 11.8. The lowest BCUT2D eigenvalue weighted by Gasteiger charge is -2.17. The fourth-order valence-corrected chi connectivity index (χ4v) is 3.15. The van der Waals surface area contributed by atoms with Gasteiger partial charge in [-0.3, -0.25) is 21.7 Å². The summed E-state index contributed by atoms with van der Waals surface area (Å²) in [5.41, 5.74) is 5.77. The molecule has 5 nitrogen and oxygen atoms in total. The highest BCUT2D eigenvalue weighted by molar-refractivity contribution is 6.39. The van der Waals surface area contributed by atoms with Crippen LogP contribution >= 0.6 is 46.4 Å². The summed E-state index contributed by atoms with van der Waals surface area (Å²) in [7, 11) is 0. The molecule has 4 N–H and O–H groups in total. The first kappa shape index (κ1) is 24.3. The molecule has 30 heavy (non-hydrogen) atoms. The Kier molecular flexibility index (Phi) is 7.33. The topological polar surface area (TPSA) is 65.2 Å². The molecule has 0 saturated heterocycles. The summed E-state index contributed by atoms with van der Waals surface area (Å²) in [5.74, 6) is 0. The smallest absolute Gasteiger partial charge is 0.294 e. The first-order chi connectivity index (χ1) is 13.7. The van der Waals surface area contributed by atoms with Crippen LogP contribution in [-0.2, 0) is 12.4 Å². The van der Waals surface area contributed by atoms with Crippen molar-refractivity contribution in [3.8, 4) is 0 Å². The lowest BCUT2D eigenvalue weighted by Crippen LogP contribution is -2.42. The van der Waals surface area contributed by atoms with Gasteiger partial charge in [-0.25, -0.2) is 4.79 Å². The minimum atomic E-state index is -4.68. The van der Waals surface area contributed by atoms with Crippen LogP contribution in [-0.4, -0.2) is 6.03 Å². The predicted molar refractivity (Wildman–Crippen MR) is 102 cm³/mol. The molecule has 0 bridgehead atoms. The van der Waals surface area contributed by atoms with Crippen LogP contribution in [0.1, 0.15) is 11.1 Å². The Morgan fingerprint density at radius 2 is 0.900 bits per heavy atom. The number of amides is 2. The van der Waals surface area contributed by atoms with Crippen LogP contribution in [0.5, 0.6) is 0 Å². The van der Waals surface area contributed by atoms with Gasteiger partial charge < -0.3 is 0 Å². The van der Waals surface area contributed by atoms with Crippen molar-refractivity contribution in [3.05, 3.63) is 55.5 Å². The van der Waals surface area contributed by atoms with Crippen molar-refractivity contribution in [1.82, 2.24) is 10.9 Å². The van der Waals surface area contributed by atoms with Gasteiger partial charge in [0.15, 0.2) is 0 Å². The minimum Gasteiger partial charge on any atom is -0.294 e. The monoisotopic (exact) mass is 514 g/mol. The van der Waals surface area contributed by atoms with Gasteiger partial charge in [0.2, 0.25) is 0 Å². The standard InChI is InChI=1S/C15H8Cl4F6N4O/c16-7-1-5(14(20,21)22)2-8(17)11(7)26-28-13(30)29-27-12-9(18)3-6(4-10(12)19)15(23,24)25/h1-4,26-27H,(H2,28,29,30). The zero-order valence-electron chi connectivity index (χ0n) is 14.0. The van der Waals surface area contributed by atoms with Crippen molar-refractivity contribution in [2.75, 3.05) is 10.9 Å². The third-order valence-corrected chi connectivity index (χ3v) is 4.53. The second-order valence-corrected chi connectivity index (χ2v) is 7.08. The molecular weight excluding hydrogens is 508 g/mol. The number of carbonyl (C=O) groups is 1. The van der Waals surface area contributed by atoms with E-state index in [2.05, 4.69) is 10.9 Å². The summed E-state index contributed by atoms with van der Waals surface area (Å²) < 4.78 is 76.2. The molecule has 0 heterocycles. The lowest BCUT2D eigenvalue weighted by atomic mass is 10.2. The molecule has 2 rings (SSSR count). The van der Waals surface area contributed by atoms with Gasteiger partial charge in [-0.15, -0.1) is 0 Å². The van der Waals surface area contributed by atoms with Gasteiger partial charge in [0.05, 0.1) is 42.6 Å². The first-order valence-corrected chi connectivity index (χ1v) is 8.92. The van der Waals surface area contributed by atoms with Crippen LogP contribution in [0.2, 0.25) is 20.1 Å². The second-order valence-electron chi connectivity index (χ2n) is 5.45. The zero-order chi connectivity index (χ0) is 22.9. The Balaban J connectivity index is 2.03. The predicted octanol–water partition coefficient (Wildman–Crippen LogP) is 6.99. The van der Waals surface area contributed by atoms with E-state index in [1.54, 1.807) is 0 Å². The number of anilines is 2. The number of hydrogen-bond donors (Lipinski definition) is 4. The summed E-state index contributed by atoms with van der Waals surface area (Å²) >= 11 is 22.9. The van der Waals surface area contributed by atoms with Gasteiger partial charge in [0, 0.05) is 0 Å². The van der Waals surface area contributed by atoms with Crippen LogP contribution in [0.25, 0.3) is 0 Å². The van der Waals surface area contributed by atoms with E-state index in [0.29, 0.717) is 24.3 Å². The van der Waals surface area contributed by atoms with Crippen molar-refractivity contribution in [3.63, 3.8) is 0 Å². The number of halogens is 10. The van der Waals surface area contributed by atoms with Gasteiger partial charge in [-0.2, -0.15) is 26.3 Å². The number of urea groups is 1.